The van der Waals surface area contributed by atoms with Gasteiger partial charge in [0.15, 0.2) is 9.84 Å². The van der Waals surface area contributed by atoms with Crippen molar-refractivity contribution in [2.24, 2.45) is 0 Å². The lowest BCUT2D eigenvalue weighted by Crippen LogP contribution is -2.36. The Hall–Kier alpha value is -13.5. The van der Waals surface area contributed by atoms with Gasteiger partial charge in [-0.3, -0.25) is 48.6 Å². The van der Waals surface area contributed by atoms with Gasteiger partial charge in [-0.25, -0.2) is 21.8 Å². The predicted molar refractivity (Wildman–Crippen MR) is 508 cm³/mol. The van der Waals surface area contributed by atoms with Gasteiger partial charge in [-0.2, -0.15) is 0 Å². The molecule has 22 nitrogen and oxygen atoms in total. The molecule has 17 rings (SSSR count). The number of amides is 5. The number of benzene rings is 11. The SMILES string of the molecule is CC(=O)Nc1ccc(C(=O)Nc2ccc(Cl)c(-c3nccc4ccccc34)c2)c(Cl)c1.CS(=O)(=O)Cc1ccc(C(=O)Nc2ccc(Cl)c(-c3nccc4ccccc34)c2)cc1.CS(=O)(=O)Nc1ccc(C(=O)Nc2ccc(Cl)c(-c3nccc4ccccc34)c2)cc1.Cc1nc(N2CCOCC2)ccc1C(=O)Nc1ccc(Cl)c(-c2nccc3ccccc23)c1. The van der Waals surface area contributed by atoms with Crippen molar-refractivity contribution < 1.29 is 45.5 Å². The van der Waals surface area contributed by atoms with Crippen molar-refractivity contribution in [2.45, 2.75) is 19.6 Å². The number of pyridine rings is 5. The van der Waals surface area contributed by atoms with Crippen LogP contribution in [0, 0.1) is 6.92 Å². The first kappa shape index (κ1) is 88.8. The molecule has 0 atom stereocenters. The minimum Gasteiger partial charge on any atom is -0.378 e. The number of aromatic nitrogens is 5. The van der Waals surface area contributed by atoms with Gasteiger partial charge < -0.3 is 36.2 Å². The van der Waals surface area contributed by atoms with E-state index in [1.165, 1.54) is 31.4 Å². The van der Waals surface area contributed by atoms with Gasteiger partial charge in [-0.05, 0) is 198 Å². The van der Waals surface area contributed by atoms with E-state index in [9.17, 15) is 40.8 Å². The average Bonchev–Trinajstić information content (AvgIpc) is 0.789. The third kappa shape index (κ3) is 22.5. The Labute approximate surface area is 751 Å². The van der Waals surface area contributed by atoms with Crippen LogP contribution in [-0.4, -0.2) is 110 Å². The Kier molecular flexibility index (Phi) is 28.2. The summed E-state index contributed by atoms with van der Waals surface area (Å²) in [6.45, 7) is 6.23. The molecule has 0 unspecified atom stereocenters. The van der Waals surface area contributed by atoms with E-state index in [0.29, 0.717) is 107 Å². The normalized spacial score (nSPS) is 11.8. The first-order chi connectivity index (χ1) is 60.6. The molecule has 5 amide bonds. The number of nitrogens with zero attached hydrogens (tertiary/aromatic N) is 6. The summed E-state index contributed by atoms with van der Waals surface area (Å²) >= 11 is 32.1. The van der Waals surface area contributed by atoms with Gasteiger partial charge in [0.05, 0.1) is 89.9 Å². The Bertz CT molecular complexity index is 6880. The molecule has 0 aliphatic carbocycles. The van der Waals surface area contributed by atoms with Crippen molar-refractivity contribution in [1.29, 1.82) is 0 Å². The molecular formula is C97H77Cl5N12O10S2. The van der Waals surface area contributed by atoms with Crippen LogP contribution in [0.25, 0.3) is 88.1 Å². The summed E-state index contributed by atoms with van der Waals surface area (Å²) in [6.07, 6.45) is 9.20. The van der Waals surface area contributed by atoms with Crippen molar-refractivity contribution >= 4 is 190 Å². The minimum atomic E-state index is -3.38. The second kappa shape index (κ2) is 40.0. The number of nitrogens with one attached hydrogen (secondary N) is 6. The van der Waals surface area contributed by atoms with Crippen molar-refractivity contribution in [3.8, 4) is 45.0 Å². The fourth-order valence-corrected chi connectivity index (χ4v) is 16.4. The third-order valence-electron chi connectivity index (χ3n) is 19.9. The number of fused-ring (bicyclic) bond motifs is 4. The van der Waals surface area contributed by atoms with Crippen LogP contribution in [0.3, 0.4) is 0 Å². The van der Waals surface area contributed by atoms with Gasteiger partial charge in [0.2, 0.25) is 15.9 Å². The average molecular weight is 1810 g/mol. The summed E-state index contributed by atoms with van der Waals surface area (Å²) in [5.41, 5.74) is 12.1. The van der Waals surface area contributed by atoms with Crippen LogP contribution in [0.1, 0.15) is 59.6 Å². The molecule has 0 spiro atoms. The Balaban J connectivity index is 0.000000136. The van der Waals surface area contributed by atoms with Crippen molar-refractivity contribution in [2.75, 3.05) is 75.0 Å². The van der Waals surface area contributed by atoms with E-state index < -0.39 is 19.9 Å². The van der Waals surface area contributed by atoms with Gasteiger partial charge in [-0.1, -0.05) is 167 Å². The molecule has 6 heterocycles. The number of sulfonamides is 1. The number of hydrogen-bond acceptors (Lipinski definition) is 16. The van der Waals surface area contributed by atoms with Crippen molar-refractivity contribution in [3.05, 3.63) is 356 Å². The van der Waals surface area contributed by atoms with E-state index in [2.05, 4.69) is 61.1 Å². The number of anilines is 7. The molecule has 11 aromatic carbocycles. The summed E-state index contributed by atoms with van der Waals surface area (Å²) in [4.78, 5) is 87.2. The molecule has 0 bridgehead atoms. The number of halogens is 5. The first-order valence-electron chi connectivity index (χ1n) is 39.1. The molecule has 1 aliphatic heterocycles. The maximum atomic E-state index is 13.0. The summed E-state index contributed by atoms with van der Waals surface area (Å²) in [6, 6.07) is 81.7. The van der Waals surface area contributed by atoms with Crippen LogP contribution in [0.2, 0.25) is 25.1 Å². The maximum absolute atomic E-state index is 13.0. The van der Waals surface area contributed by atoms with Crippen molar-refractivity contribution in [3.63, 3.8) is 0 Å². The molecule has 6 N–H and O–H groups in total. The molecule has 5 aromatic heterocycles. The highest BCUT2D eigenvalue weighted by Gasteiger charge is 2.22. The summed E-state index contributed by atoms with van der Waals surface area (Å²) < 4.78 is 53.2. The molecule has 16 aromatic rings. The largest absolute Gasteiger partial charge is 0.378 e. The lowest BCUT2D eigenvalue weighted by atomic mass is 10.0. The lowest BCUT2D eigenvalue weighted by molar-refractivity contribution is -0.114. The van der Waals surface area contributed by atoms with E-state index >= 15 is 0 Å². The predicted octanol–water partition coefficient (Wildman–Crippen LogP) is 22.3. The fraction of sp³-hybridized carbons (Fsp3) is 0.0928. The van der Waals surface area contributed by atoms with Gasteiger partial charge in [0, 0.05) is 140 Å². The molecule has 1 aliphatic rings. The zero-order valence-corrected chi connectivity index (χ0v) is 73.2. The monoisotopic (exact) mass is 1810 g/mol. The summed E-state index contributed by atoms with van der Waals surface area (Å²) in [5.74, 6) is -0.638. The second-order valence-corrected chi connectivity index (χ2v) is 35.0. The van der Waals surface area contributed by atoms with Crippen LogP contribution in [0.5, 0.6) is 0 Å². The Morgan fingerprint density at radius 2 is 0.706 bits per heavy atom. The number of sulfone groups is 1. The van der Waals surface area contributed by atoms with Crippen LogP contribution in [-0.2, 0) is 35.1 Å². The molecule has 632 valence electrons. The van der Waals surface area contributed by atoms with Gasteiger partial charge >= 0.3 is 0 Å². The summed E-state index contributed by atoms with van der Waals surface area (Å²) in [7, 11) is -6.51. The molecule has 0 radical (unpaired) electrons. The zero-order valence-electron chi connectivity index (χ0n) is 67.8. The van der Waals surface area contributed by atoms with E-state index in [1.54, 1.807) is 140 Å². The standard InChI is InChI=1S/C26H23ClN4O2.C24H17Cl2N3O2.C24H19ClN2O3S.C23H18ClN3O3S/c1-17-20(7-9-24(29-17)31-12-14-33-15-13-31)26(32)30-19-6-8-23(27)22(16-19)25-21-5-3-2-4-18(21)10-11-28-25;1-14(30)28-17-6-8-19(22(26)13-17)24(31)29-16-7-9-21(25)20(12-16)23-18-5-3-2-4-15(18)10-11-27-23;1-31(29,30)15-16-6-8-18(9-7-16)24(28)27-19-10-11-22(25)21(14-19)23-20-5-3-2-4-17(20)12-13-26-23;1-31(29,30)27-17-8-6-16(7-9-17)23(28)26-18-10-11-21(24)20(14-18)22-19-5-3-2-4-15(19)12-13-25-22/h2-11,16H,12-15H2,1H3,(H,30,32);2-13H,1H3,(H,28,30)(H,29,31);2-14H,15H2,1H3,(H,27,28);2-14,27H,1H3,(H,26,28). The van der Waals surface area contributed by atoms with E-state index in [-0.39, 0.29) is 45.9 Å². The second-order valence-electron chi connectivity index (χ2n) is 29.1. The molecular weight excluding hydrogens is 1730 g/mol. The maximum Gasteiger partial charge on any atom is 0.257 e. The number of carbonyl (C=O) groups is 5. The molecule has 1 saturated heterocycles. The number of rotatable bonds is 18. The number of morpholine rings is 1. The summed E-state index contributed by atoms with van der Waals surface area (Å²) in [5, 5.41) is 24.7. The zero-order chi connectivity index (χ0) is 88.8. The van der Waals surface area contributed by atoms with Crippen LogP contribution >= 0.6 is 58.0 Å². The topological polar surface area (TPSA) is 303 Å². The minimum absolute atomic E-state index is 0.0620. The highest BCUT2D eigenvalue weighted by molar-refractivity contribution is 7.92. The van der Waals surface area contributed by atoms with Crippen LogP contribution in [0.15, 0.2) is 298 Å². The van der Waals surface area contributed by atoms with E-state index in [0.717, 1.165) is 102 Å². The Morgan fingerprint density at radius 1 is 0.373 bits per heavy atom. The lowest BCUT2D eigenvalue weighted by Gasteiger charge is -2.28. The van der Waals surface area contributed by atoms with Gasteiger partial charge in [0.1, 0.15) is 5.82 Å². The fourth-order valence-electron chi connectivity index (χ4n) is 14.0. The molecule has 29 heteroatoms. The van der Waals surface area contributed by atoms with Crippen molar-refractivity contribution in [1.82, 2.24) is 24.9 Å². The molecule has 0 saturated carbocycles. The highest BCUT2D eigenvalue weighted by Crippen LogP contribution is 2.40. The van der Waals surface area contributed by atoms with Crippen LogP contribution < -0.4 is 36.2 Å². The van der Waals surface area contributed by atoms with E-state index in [1.807, 2.05) is 146 Å². The van der Waals surface area contributed by atoms with Gasteiger partial charge in [-0.15, -0.1) is 0 Å². The van der Waals surface area contributed by atoms with Crippen LogP contribution in [0.4, 0.5) is 39.9 Å². The number of ether oxygens (including phenoxy) is 1. The number of aryl methyl sites for hydroxylation is 1. The molecule has 126 heavy (non-hydrogen) atoms. The number of carbonyl (C=O) groups excluding carboxylic acids is 5. The number of hydrogen-bond donors (Lipinski definition) is 6. The van der Waals surface area contributed by atoms with Gasteiger partial charge in [0.25, 0.3) is 23.6 Å². The smallest absolute Gasteiger partial charge is 0.257 e. The van der Waals surface area contributed by atoms with E-state index in [4.69, 9.17) is 62.7 Å². The highest BCUT2D eigenvalue weighted by atomic mass is 35.5. The Morgan fingerprint density at radius 3 is 1.06 bits per heavy atom. The third-order valence-corrected chi connectivity index (χ3v) is 23.0. The molecule has 1 fully saturated rings. The first-order valence-corrected chi connectivity index (χ1v) is 45.0. The quantitative estimate of drug-likeness (QED) is 0.0465.